The first-order valence-electron chi connectivity index (χ1n) is 4.96. The van der Waals surface area contributed by atoms with E-state index in [0.29, 0.717) is 11.8 Å². The van der Waals surface area contributed by atoms with Crippen LogP contribution in [0.5, 0.6) is 0 Å². The SMILES string of the molecule is COC(=O)C1CC(C(C)C)CCN1. The topological polar surface area (TPSA) is 38.3 Å². The Labute approximate surface area is 79.8 Å². The average Bonchev–Trinajstić information content (AvgIpc) is 2.17. The molecule has 0 amide bonds. The van der Waals surface area contributed by atoms with Crippen LogP contribution in [0.1, 0.15) is 26.7 Å². The van der Waals surface area contributed by atoms with Gasteiger partial charge in [-0.2, -0.15) is 0 Å². The zero-order chi connectivity index (χ0) is 9.84. The minimum absolute atomic E-state index is 0.0776. The Morgan fingerprint density at radius 2 is 2.23 bits per heavy atom. The van der Waals surface area contributed by atoms with E-state index in [1.165, 1.54) is 13.5 Å². The Morgan fingerprint density at radius 3 is 2.77 bits per heavy atom. The monoisotopic (exact) mass is 185 g/mol. The van der Waals surface area contributed by atoms with Crippen LogP contribution >= 0.6 is 0 Å². The number of nitrogens with one attached hydrogen (secondary N) is 1. The van der Waals surface area contributed by atoms with Crippen molar-refractivity contribution in [2.45, 2.75) is 32.7 Å². The normalized spacial score (nSPS) is 28.9. The van der Waals surface area contributed by atoms with E-state index in [1.807, 2.05) is 0 Å². The lowest BCUT2D eigenvalue weighted by Crippen LogP contribution is -2.45. The van der Waals surface area contributed by atoms with E-state index in [4.69, 9.17) is 4.74 Å². The fourth-order valence-electron chi connectivity index (χ4n) is 1.87. The average molecular weight is 185 g/mol. The number of esters is 1. The predicted octanol–water partition coefficient (Wildman–Crippen LogP) is 1.18. The van der Waals surface area contributed by atoms with Crippen molar-refractivity contribution in [1.82, 2.24) is 5.32 Å². The highest BCUT2D eigenvalue weighted by atomic mass is 16.5. The van der Waals surface area contributed by atoms with E-state index in [0.717, 1.165) is 13.0 Å². The molecule has 0 aromatic rings. The molecule has 2 atom stereocenters. The van der Waals surface area contributed by atoms with Gasteiger partial charge < -0.3 is 10.1 Å². The second-order valence-corrected chi connectivity index (χ2v) is 4.06. The maximum atomic E-state index is 11.3. The third-order valence-electron chi connectivity index (χ3n) is 2.87. The number of carbonyl (C=O) groups excluding carboxylic acids is 1. The summed E-state index contributed by atoms with van der Waals surface area (Å²) in [5.74, 6) is 1.20. The summed E-state index contributed by atoms with van der Waals surface area (Å²) < 4.78 is 4.72. The standard InChI is InChI=1S/C10H19NO2/c1-7(2)8-4-5-11-9(6-8)10(12)13-3/h7-9,11H,4-6H2,1-3H3. The molecule has 76 valence electrons. The number of ether oxygens (including phenoxy) is 1. The summed E-state index contributed by atoms with van der Waals surface area (Å²) in [6.07, 6.45) is 2.09. The quantitative estimate of drug-likeness (QED) is 0.657. The molecular weight excluding hydrogens is 166 g/mol. The molecule has 1 heterocycles. The lowest BCUT2D eigenvalue weighted by Gasteiger charge is -2.30. The van der Waals surface area contributed by atoms with Crippen molar-refractivity contribution >= 4 is 5.97 Å². The van der Waals surface area contributed by atoms with Gasteiger partial charge in [-0.3, -0.25) is 4.79 Å². The molecule has 1 rings (SSSR count). The molecule has 1 fully saturated rings. The van der Waals surface area contributed by atoms with Crippen LogP contribution in [0.4, 0.5) is 0 Å². The molecule has 1 aliphatic rings. The summed E-state index contributed by atoms with van der Waals surface area (Å²) in [5.41, 5.74) is 0. The van der Waals surface area contributed by atoms with Crippen molar-refractivity contribution in [3.05, 3.63) is 0 Å². The van der Waals surface area contributed by atoms with Crippen LogP contribution in [0.15, 0.2) is 0 Å². The summed E-state index contributed by atoms with van der Waals surface area (Å²) in [5, 5.41) is 3.18. The van der Waals surface area contributed by atoms with E-state index >= 15 is 0 Å². The fraction of sp³-hybridized carbons (Fsp3) is 0.900. The van der Waals surface area contributed by atoms with Crippen LogP contribution in [0.2, 0.25) is 0 Å². The molecule has 0 spiro atoms. The van der Waals surface area contributed by atoms with Crippen LogP contribution in [-0.4, -0.2) is 25.7 Å². The molecular formula is C10H19NO2. The molecule has 0 radical (unpaired) electrons. The Hall–Kier alpha value is -0.570. The van der Waals surface area contributed by atoms with Gasteiger partial charge in [0.15, 0.2) is 0 Å². The van der Waals surface area contributed by atoms with Gasteiger partial charge in [0.2, 0.25) is 0 Å². The lowest BCUT2D eigenvalue weighted by molar-refractivity contribution is -0.144. The van der Waals surface area contributed by atoms with Crippen LogP contribution < -0.4 is 5.32 Å². The van der Waals surface area contributed by atoms with E-state index in [1.54, 1.807) is 0 Å². The molecule has 3 nitrogen and oxygen atoms in total. The zero-order valence-corrected chi connectivity index (χ0v) is 8.67. The van der Waals surface area contributed by atoms with E-state index in [-0.39, 0.29) is 12.0 Å². The highest BCUT2D eigenvalue weighted by molar-refractivity contribution is 5.75. The number of hydrogen-bond donors (Lipinski definition) is 1. The molecule has 2 unspecified atom stereocenters. The number of piperidine rings is 1. The Bertz CT molecular complexity index is 180. The highest BCUT2D eigenvalue weighted by Gasteiger charge is 2.28. The molecule has 0 aliphatic carbocycles. The van der Waals surface area contributed by atoms with Crippen LogP contribution in [0.25, 0.3) is 0 Å². The lowest BCUT2D eigenvalue weighted by atomic mass is 9.84. The predicted molar refractivity (Wildman–Crippen MR) is 51.4 cm³/mol. The van der Waals surface area contributed by atoms with Crippen LogP contribution in [-0.2, 0) is 9.53 Å². The smallest absolute Gasteiger partial charge is 0.322 e. The third-order valence-corrected chi connectivity index (χ3v) is 2.87. The van der Waals surface area contributed by atoms with Crippen molar-refractivity contribution in [2.24, 2.45) is 11.8 Å². The van der Waals surface area contributed by atoms with Gasteiger partial charge in [-0.25, -0.2) is 0 Å². The first kappa shape index (κ1) is 10.5. The van der Waals surface area contributed by atoms with E-state index < -0.39 is 0 Å². The molecule has 1 N–H and O–H groups in total. The third kappa shape index (κ3) is 2.69. The van der Waals surface area contributed by atoms with Gasteiger partial charge >= 0.3 is 5.97 Å². The van der Waals surface area contributed by atoms with Crippen molar-refractivity contribution in [3.8, 4) is 0 Å². The van der Waals surface area contributed by atoms with Gasteiger partial charge in [0.1, 0.15) is 6.04 Å². The second kappa shape index (κ2) is 4.61. The van der Waals surface area contributed by atoms with E-state index in [2.05, 4.69) is 19.2 Å². The maximum Gasteiger partial charge on any atom is 0.322 e. The van der Waals surface area contributed by atoms with Crippen molar-refractivity contribution < 1.29 is 9.53 Å². The number of rotatable bonds is 2. The minimum atomic E-state index is -0.120. The minimum Gasteiger partial charge on any atom is -0.468 e. The van der Waals surface area contributed by atoms with Crippen molar-refractivity contribution in [2.75, 3.05) is 13.7 Å². The Kier molecular flexibility index (Phi) is 3.72. The summed E-state index contributed by atoms with van der Waals surface area (Å²) >= 11 is 0. The first-order chi connectivity index (χ1) is 6.15. The molecule has 0 aromatic carbocycles. The largest absolute Gasteiger partial charge is 0.468 e. The molecule has 0 saturated carbocycles. The van der Waals surface area contributed by atoms with Crippen LogP contribution in [0.3, 0.4) is 0 Å². The van der Waals surface area contributed by atoms with Crippen molar-refractivity contribution in [3.63, 3.8) is 0 Å². The van der Waals surface area contributed by atoms with Gasteiger partial charge in [-0.1, -0.05) is 13.8 Å². The second-order valence-electron chi connectivity index (χ2n) is 4.06. The van der Waals surface area contributed by atoms with Gasteiger partial charge in [0, 0.05) is 0 Å². The first-order valence-corrected chi connectivity index (χ1v) is 4.96. The Balaban J connectivity index is 2.46. The van der Waals surface area contributed by atoms with E-state index in [9.17, 15) is 4.79 Å². The molecule has 0 bridgehead atoms. The summed E-state index contributed by atoms with van der Waals surface area (Å²) in [6, 6.07) is -0.0776. The summed E-state index contributed by atoms with van der Waals surface area (Å²) in [4.78, 5) is 11.3. The zero-order valence-electron chi connectivity index (χ0n) is 8.67. The molecule has 1 aliphatic heterocycles. The summed E-state index contributed by atoms with van der Waals surface area (Å²) in [6.45, 7) is 5.36. The fourth-order valence-corrected chi connectivity index (χ4v) is 1.87. The maximum absolute atomic E-state index is 11.3. The van der Waals surface area contributed by atoms with Gasteiger partial charge in [0.25, 0.3) is 0 Å². The number of methoxy groups -OCH3 is 1. The molecule has 0 aromatic heterocycles. The van der Waals surface area contributed by atoms with Gasteiger partial charge in [-0.15, -0.1) is 0 Å². The molecule has 13 heavy (non-hydrogen) atoms. The highest BCUT2D eigenvalue weighted by Crippen LogP contribution is 2.24. The van der Waals surface area contributed by atoms with Crippen molar-refractivity contribution in [1.29, 1.82) is 0 Å². The summed E-state index contributed by atoms with van der Waals surface area (Å²) in [7, 11) is 1.45. The van der Waals surface area contributed by atoms with Crippen LogP contribution in [0, 0.1) is 11.8 Å². The number of hydrogen-bond acceptors (Lipinski definition) is 3. The number of carbonyl (C=O) groups is 1. The van der Waals surface area contributed by atoms with Gasteiger partial charge in [0.05, 0.1) is 7.11 Å². The molecule has 1 saturated heterocycles. The molecule has 3 heteroatoms. The van der Waals surface area contributed by atoms with Gasteiger partial charge in [-0.05, 0) is 31.2 Å². The Morgan fingerprint density at radius 1 is 1.54 bits per heavy atom.